The molecule has 4 saturated carbocycles. The van der Waals surface area contributed by atoms with Crippen LogP contribution in [0.3, 0.4) is 0 Å². The zero-order valence-corrected chi connectivity index (χ0v) is 34.3. The van der Waals surface area contributed by atoms with Crippen molar-refractivity contribution in [2.24, 2.45) is 11.8 Å². The molecule has 4 rings (SSSR count). The first-order valence-electron chi connectivity index (χ1n) is 15.9. The van der Waals surface area contributed by atoms with Crippen molar-refractivity contribution in [1.29, 1.82) is 0 Å². The van der Waals surface area contributed by atoms with Gasteiger partial charge in [-0.2, -0.15) is 51.0 Å². The van der Waals surface area contributed by atoms with E-state index in [1.54, 1.807) is 0 Å². The third-order valence-electron chi connectivity index (χ3n) is 8.28. The maximum Gasteiger partial charge on any atom is 0.490 e. The number of carboxylic acids is 2. The maximum atomic E-state index is 10.6. The smallest absolute Gasteiger partial charge is 0.475 e. The molecule has 0 heterocycles. The Morgan fingerprint density at radius 2 is 0.750 bits per heavy atom. The molecule has 300 valence electrons. The van der Waals surface area contributed by atoms with Crippen LogP contribution in [0.15, 0.2) is 0 Å². The zero-order valence-electron chi connectivity index (χ0n) is 29.0. The maximum absolute atomic E-state index is 10.6. The molecule has 4 atom stereocenters. The fraction of sp³-hybridized carbons (Fsp3) is 0.875. The molecule has 0 amide bonds. The number of carbonyl (C=O) groups is 2. The summed E-state index contributed by atoms with van der Waals surface area (Å²) in [6.45, 7) is 4.62. The summed E-state index contributed by atoms with van der Waals surface area (Å²) in [4.78, 5) is 22.4. The second kappa shape index (κ2) is 34.9. The molecule has 4 aliphatic carbocycles. The molecule has 0 saturated heterocycles. The minimum atomic E-state index is -5.08. The van der Waals surface area contributed by atoms with Crippen molar-refractivity contribution in [3.05, 3.63) is 12.8 Å². The van der Waals surface area contributed by atoms with E-state index in [2.05, 4.69) is 64.7 Å². The Balaban J connectivity index is -0.000000110. The van der Waals surface area contributed by atoms with Crippen LogP contribution < -0.4 is 0 Å². The third kappa shape index (κ3) is 35.2. The molecule has 0 aromatic heterocycles. The van der Waals surface area contributed by atoms with E-state index < -0.39 is 24.3 Å². The van der Waals surface area contributed by atoms with Gasteiger partial charge in [0.15, 0.2) is 0 Å². The van der Waals surface area contributed by atoms with E-state index in [4.69, 9.17) is 19.8 Å². The van der Waals surface area contributed by atoms with Crippen LogP contribution in [0.2, 0.25) is 0 Å². The Morgan fingerprint density at radius 1 is 0.562 bits per heavy atom. The molecule has 4 aliphatic rings. The molecule has 6 nitrogen and oxygen atoms in total. The van der Waals surface area contributed by atoms with Gasteiger partial charge in [-0.3, -0.25) is 0 Å². The Bertz CT molecular complexity index is 661. The predicted molar refractivity (Wildman–Crippen MR) is 163 cm³/mol. The SMILES string of the molecule is C1CCCC1.C1CCCC1.C[C@H](C1[CH-]CCC1)N(C)C.C[C@H](C1[CH-]CCC1)N(C)C.O=C(O)C(F)(F)F.O=C(O)C(F)(F)F.[Fe].[Fe].[Pd].[Pd]. The van der Waals surface area contributed by atoms with Crippen LogP contribution >= 0.6 is 0 Å². The van der Waals surface area contributed by atoms with E-state index in [0.717, 1.165) is 23.9 Å². The molecule has 0 radical (unpaired) electrons. The fourth-order valence-corrected chi connectivity index (χ4v) is 5.02. The van der Waals surface area contributed by atoms with Gasteiger partial charge in [0.2, 0.25) is 0 Å². The molecule has 0 aliphatic heterocycles. The molecule has 48 heavy (non-hydrogen) atoms. The molecule has 0 aromatic carbocycles. The summed E-state index contributed by atoms with van der Waals surface area (Å²) in [5, 5.41) is 14.2. The largest absolute Gasteiger partial charge is 0.490 e. The number of alkyl halides is 6. The van der Waals surface area contributed by atoms with Crippen LogP contribution in [0, 0.1) is 24.7 Å². The van der Waals surface area contributed by atoms with Gasteiger partial charge in [0, 0.05) is 75.0 Å². The number of carboxylic acid groups (broad SMARTS) is 2. The molecule has 16 heteroatoms. The predicted octanol–water partition coefficient (Wildman–Crippen LogP) is 9.04. The van der Waals surface area contributed by atoms with Crippen LogP contribution in [0.5, 0.6) is 0 Å². The van der Waals surface area contributed by atoms with Crippen LogP contribution in [0.4, 0.5) is 26.3 Å². The molecule has 0 spiro atoms. The van der Waals surface area contributed by atoms with Crippen molar-refractivity contribution in [2.45, 2.75) is 141 Å². The van der Waals surface area contributed by atoms with Crippen LogP contribution in [0.1, 0.15) is 117 Å². The van der Waals surface area contributed by atoms with Gasteiger partial charge in [0.1, 0.15) is 0 Å². The molecule has 4 fully saturated rings. The Kier molecular flexibility index (Phi) is 44.2. The van der Waals surface area contributed by atoms with Gasteiger partial charge in [0.25, 0.3) is 0 Å². The summed E-state index contributed by atoms with van der Waals surface area (Å²) in [7, 11) is 8.65. The number of aliphatic carboxylic acids is 2. The number of hydrogen-bond acceptors (Lipinski definition) is 4. The quantitative estimate of drug-likeness (QED) is 0.167. The van der Waals surface area contributed by atoms with Gasteiger partial charge in [-0.25, -0.2) is 9.59 Å². The van der Waals surface area contributed by atoms with Crippen molar-refractivity contribution < 1.29 is 121 Å². The minimum absolute atomic E-state index is 0. The summed E-state index contributed by atoms with van der Waals surface area (Å²) in [5.74, 6) is -3.80. The molecular weight excluding hydrogens is 915 g/mol. The Morgan fingerprint density at radius 3 is 0.854 bits per heavy atom. The third-order valence-corrected chi connectivity index (χ3v) is 8.28. The van der Waals surface area contributed by atoms with Gasteiger partial charge < -0.3 is 32.9 Å². The first kappa shape index (κ1) is 60.9. The number of hydrogen-bond donors (Lipinski definition) is 2. The van der Waals surface area contributed by atoms with E-state index >= 15 is 0 Å². The van der Waals surface area contributed by atoms with Crippen LogP contribution in [-0.2, 0) is 84.6 Å². The van der Waals surface area contributed by atoms with Gasteiger partial charge in [-0.1, -0.05) is 104 Å². The molecule has 2 unspecified atom stereocenters. The number of rotatable bonds is 4. The van der Waals surface area contributed by atoms with Crippen molar-refractivity contribution in [1.82, 2.24) is 9.80 Å². The second-order valence-electron chi connectivity index (χ2n) is 12.2. The first-order chi connectivity index (χ1) is 20.3. The fourth-order valence-electron chi connectivity index (χ4n) is 5.02. The van der Waals surface area contributed by atoms with E-state index in [-0.39, 0.29) is 75.0 Å². The van der Waals surface area contributed by atoms with Crippen molar-refractivity contribution >= 4 is 11.9 Å². The van der Waals surface area contributed by atoms with Crippen molar-refractivity contribution in [2.75, 3.05) is 28.2 Å². The molecule has 0 aromatic rings. The molecular formula is C32H58F6Fe2N2O4Pd2-2. The average Bonchev–Trinajstić information content (AvgIpc) is 3.76. The van der Waals surface area contributed by atoms with E-state index in [1.807, 2.05) is 0 Å². The van der Waals surface area contributed by atoms with Crippen molar-refractivity contribution in [3.8, 4) is 0 Å². The van der Waals surface area contributed by atoms with Gasteiger partial charge in [-0.15, -0.1) is 0 Å². The van der Waals surface area contributed by atoms with E-state index in [9.17, 15) is 26.3 Å². The Hall–Kier alpha value is 0.804. The average molecular weight is 973 g/mol. The summed E-state index contributed by atoms with van der Waals surface area (Å²) >= 11 is 0. The zero-order chi connectivity index (χ0) is 34.3. The summed E-state index contributed by atoms with van der Waals surface area (Å²) in [6.07, 6.45) is 18.1. The molecule has 2 N–H and O–H groups in total. The topological polar surface area (TPSA) is 81.1 Å². The first-order valence-corrected chi connectivity index (χ1v) is 15.9. The normalized spacial score (nSPS) is 20.5. The Labute approximate surface area is 334 Å². The summed E-state index contributed by atoms with van der Waals surface area (Å²) < 4.78 is 63.5. The minimum Gasteiger partial charge on any atom is -0.475 e. The van der Waals surface area contributed by atoms with E-state index in [1.165, 1.54) is 103 Å². The van der Waals surface area contributed by atoms with Crippen molar-refractivity contribution in [3.63, 3.8) is 0 Å². The van der Waals surface area contributed by atoms with Crippen LogP contribution in [0.25, 0.3) is 0 Å². The number of halogens is 6. The van der Waals surface area contributed by atoms with Gasteiger partial charge in [-0.05, 0) is 40.3 Å². The van der Waals surface area contributed by atoms with Gasteiger partial charge >= 0.3 is 24.3 Å². The molecule has 0 bridgehead atoms. The van der Waals surface area contributed by atoms with Gasteiger partial charge in [0.05, 0.1) is 0 Å². The number of nitrogens with zero attached hydrogens (tertiary/aromatic N) is 2. The summed E-state index contributed by atoms with van der Waals surface area (Å²) in [6, 6.07) is 1.48. The second-order valence-corrected chi connectivity index (χ2v) is 12.2. The summed E-state index contributed by atoms with van der Waals surface area (Å²) in [5.41, 5.74) is 0. The standard InChI is InChI=1S/2C9H18N.2C5H10.2C2HF3O2.2Fe.2Pd/c2*1-8(10(2)3)9-6-4-5-7-9;2*1-2-4-5-3-1;2*3-2(4,5)1(6)7;;;;/h2*6,8-9H,4-5,7H2,1-3H3;2*1-5H2;2*(H,6,7);;;;/q2*-1;;;;;;;;/t2*8-,9?;;;;;;;;/m11......../s1. The monoisotopic (exact) mass is 972 g/mol. The van der Waals surface area contributed by atoms with E-state index in [0.29, 0.717) is 0 Å². The van der Waals surface area contributed by atoms with Crippen LogP contribution in [-0.4, -0.2) is 84.6 Å².